The first kappa shape index (κ1) is 26.1. The predicted octanol–water partition coefficient (Wildman–Crippen LogP) is 3.65. The van der Waals surface area contributed by atoms with E-state index in [9.17, 15) is 4.79 Å². The number of methoxy groups -OCH3 is 1. The Labute approximate surface area is 233 Å². The summed E-state index contributed by atoms with van der Waals surface area (Å²) in [5.41, 5.74) is 12.0. The van der Waals surface area contributed by atoms with Gasteiger partial charge in [-0.2, -0.15) is 10.2 Å². The molecule has 2 aliphatic rings. The van der Waals surface area contributed by atoms with Crippen LogP contribution in [0.5, 0.6) is 5.75 Å². The third-order valence-electron chi connectivity index (χ3n) is 8.15. The highest BCUT2D eigenvalue weighted by Gasteiger charge is 2.32. The summed E-state index contributed by atoms with van der Waals surface area (Å²) in [5, 5.41) is 9.31. The van der Waals surface area contributed by atoms with Crippen LogP contribution in [0.4, 0.5) is 11.5 Å². The van der Waals surface area contributed by atoms with E-state index in [0.29, 0.717) is 18.9 Å². The summed E-state index contributed by atoms with van der Waals surface area (Å²) in [6.45, 7) is 8.73. The summed E-state index contributed by atoms with van der Waals surface area (Å²) in [6, 6.07) is 10.9. The largest absolute Gasteiger partial charge is 0.497 e. The number of amides is 1. The normalized spacial score (nSPS) is 20.3. The minimum absolute atomic E-state index is 0.106. The first-order valence-electron chi connectivity index (χ1n) is 13.8. The Balaban J connectivity index is 1.47. The van der Waals surface area contributed by atoms with Gasteiger partial charge in [-0.3, -0.25) is 9.48 Å². The second-order valence-electron chi connectivity index (χ2n) is 10.8. The average Bonchev–Trinajstić information content (AvgIpc) is 3.59. The zero-order valence-electron chi connectivity index (χ0n) is 23.4. The first-order valence-corrected chi connectivity index (χ1v) is 13.8. The van der Waals surface area contributed by atoms with Gasteiger partial charge in [0.05, 0.1) is 24.5 Å². The molecule has 0 spiro atoms. The number of nitrogens with two attached hydrogens (primary N) is 1. The van der Waals surface area contributed by atoms with Crippen molar-refractivity contribution in [3.8, 4) is 28.3 Å². The summed E-state index contributed by atoms with van der Waals surface area (Å²) in [7, 11) is 1.68. The number of hydrogen-bond donors (Lipinski definition) is 1. The molecule has 1 aromatic carbocycles. The Morgan fingerprint density at radius 1 is 1.05 bits per heavy atom. The molecule has 2 saturated heterocycles. The topological polar surface area (TPSA) is 116 Å². The van der Waals surface area contributed by atoms with Crippen LogP contribution < -0.4 is 15.4 Å². The van der Waals surface area contributed by atoms with Gasteiger partial charge in [0, 0.05) is 74.4 Å². The number of aromatic nitrogens is 5. The van der Waals surface area contributed by atoms with Crippen LogP contribution in [-0.4, -0.2) is 80.7 Å². The fourth-order valence-corrected chi connectivity index (χ4v) is 6.30. The molecule has 11 heteroatoms. The van der Waals surface area contributed by atoms with E-state index in [1.165, 1.54) is 6.33 Å². The molecule has 2 aliphatic heterocycles. The van der Waals surface area contributed by atoms with Gasteiger partial charge < -0.3 is 25.0 Å². The van der Waals surface area contributed by atoms with Crippen molar-refractivity contribution in [2.24, 2.45) is 0 Å². The van der Waals surface area contributed by atoms with Crippen molar-refractivity contribution in [1.82, 2.24) is 29.3 Å². The van der Waals surface area contributed by atoms with Crippen LogP contribution in [-0.2, 0) is 9.53 Å². The highest BCUT2D eigenvalue weighted by molar-refractivity contribution is 5.91. The number of benzene rings is 1. The molecule has 2 N–H and O–H groups in total. The lowest BCUT2D eigenvalue weighted by molar-refractivity contribution is -0.130. The number of rotatable bonds is 5. The maximum Gasteiger partial charge on any atom is 0.219 e. The van der Waals surface area contributed by atoms with Crippen LogP contribution in [0, 0.1) is 0 Å². The van der Waals surface area contributed by atoms with Gasteiger partial charge in [0.2, 0.25) is 5.91 Å². The number of fused-ring (bicyclic) bond motifs is 1. The Hall–Kier alpha value is -4.12. The molecule has 0 aliphatic carbocycles. The van der Waals surface area contributed by atoms with Crippen LogP contribution in [0.15, 0.2) is 42.9 Å². The van der Waals surface area contributed by atoms with Crippen molar-refractivity contribution in [1.29, 1.82) is 0 Å². The van der Waals surface area contributed by atoms with Crippen LogP contribution >= 0.6 is 0 Å². The van der Waals surface area contributed by atoms with E-state index < -0.39 is 0 Å². The fourth-order valence-electron chi connectivity index (χ4n) is 6.30. The van der Waals surface area contributed by atoms with Crippen molar-refractivity contribution in [3.63, 3.8) is 0 Å². The number of carbonyl (C=O) groups excluding carboxylic acids is 1. The Bertz CT molecular complexity index is 1530. The maximum absolute atomic E-state index is 12.1. The maximum atomic E-state index is 12.1. The molecule has 2 atom stereocenters. The third kappa shape index (κ3) is 4.53. The summed E-state index contributed by atoms with van der Waals surface area (Å²) in [6.07, 6.45) is 5.14. The van der Waals surface area contributed by atoms with Crippen molar-refractivity contribution >= 4 is 22.9 Å². The van der Waals surface area contributed by atoms with E-state index in [2.05, 4.69) is 56.8 Å². The van der Waals surface area contributed by atoms with Gasteiger partial charge in [-0.25, -0.2) is 9.50 Å². The van der Waals surface area contributed by atoms with Crippen LogP contribution in [0.1, 0.15) is 39.7 Å². The molecule has 4 aromatic rings. The van der Waals surface area contributed by atoms with Crippen LogP contribution in [0.3, 0.4) is 0 Å². The lowest BCUT2D eigenvalue weighted by atomic mass is 10.0. The highest BCUT2D eigenvalue weighted by atomic mass is 16.5. The van der Waals surface area contributed by atoms with E-state index in [4.69, 9.17) is 15.2 Å². The van der Waals surface area contributed by atoms with Crippen molar-refractivity contribution in [3.05, 3.63) is 42.9 Å². The lowest BCUT2D eigenvalue weighted by Crippen LogP contribution is -2.58. The molecule has 40 heavy (non-hydrogen) atoms. The molecule has 1 amide bonds. The number of ether oxygens (including phenoxy) is 2. The van der Waals surface area contributed by atoms with Crippen LogP contribution in [0.2, 0.25) is 0 Å². The van der Waals surface area contributed by atoms with E-state index in [1.807, 2.05) is 27.7 Å². The van der Waals surface area contributed by atoms with Gasteiger partial charge in [-0.15, -0.1) is 0 Å². The second kappa shape index (κ2) is 10.5. The molecular formula is C29H36N8O3. The van der Waals surface area contributed by atoms with E-state index in [-0.39, 0.29) is 24.0 Å². The first-order chi connectivity index (χ1) is 19.4. The molecule has 0 radical (unpaired) electrons. The van der Waals surface area contributed by atoms with E-state index in [0.717, 1.165) is 65.5 Å². The molecule has 6 rings (SSSR count). The van der Waals surface area contributed by atoms with Crippen molar-refractivity contribution in [2.75, 3.05) is 44.0 Å². The van der Waals surface area contributed by atoms with Gasteiger partial charge in [0.15, 0.2) is 5.82 Å². The zero-order valence-corrected chi connectivity index (χ0v) is 23.4. The fraction of sp³-hybridized carbons (Fsp3) is 0.448. The monoisotopic (exact) mass is 544 g/mol. The minimum Gasteiger partial charge on any atom is -0.497 e. The molecule has 5 heterocycles. The Morgan fingerprint density at radius 3 is 2.50 bits per heavy atom. The Kier molecular flexibility index (Phi) is 6.83. The number of hydrogen-bond acceptors (Lipinski definition) is 8. The van der Waals surface area contributed by atoms with Gasteiger partial charge in [-0.05, 0) is 51.0 Å². The molecule has 0 saturated carbocycles. The molecule has 11 nitrogen and oxygen atoms in total. The molecule has 2 fully saturated rings. The standard InChI is InChI=1S/C29H36N8O3/c1-18-15-34(20(3)38)16-19(2)35(18)23-11-21(12-24(13-23)39-4)27-14-25(28-29(30)31-17-33-37(27)28)26-5-8-32-36(26)22-6-9-40-10-7-22/h5,8,11-14,17-19,22H,6-7,9-10,15-16H2,1-4H3,(H2,30,31,33)/t18-,19+. The number of nitrogens with zero attached hydrogens (tertiary/aromatic N) is 7. The quantitative estimate of drug-likeness (QED) is 0.405. The second-order valence-corrected chi connectivity index (χ2v) is 10.8. The van der Waals surface area contributed by atoms with Crippen molar-refractivity contribution in [2.45, 2.75) is 51.7 Å². The van der Waals surface area contributed by atoms with Gasteiger partial charge in [0.25, 0.3) is 0 Å². The Morgan fingerprint density at radius 2 is 1.80 bits per heavy atom. The molecular weight excluding hydrogens is 508 g/mol. The molecule has 0 bridgehead atoms. The number of carbonyl (C=O) groups is 1. The molecule has 3 aromatic heterocycles. The SMILES string of the molecule is COc1cc(-c2cc(-c3ccnn3C3CCOCC3)c3c(N)ncnn23)cc(N2[C@H](C)CN(C(C)=O)C[C@@H]2C)c1. The van der Waals surface area contributed by atoms with Crippen LogP contribution in [0.25, 0.3) is 28.0 Å². The summed E-state index contributed by atoms with van der Waals surface area (Å²) < 4.78 is 15.3. The van der Waals surface area contributed by atoms with Crippen molar-refractivity contribution < 1.29 is 14.3 Å². The average molecular weight is 545 g/mol. The lowest BCUT2D eigenvalue weighted by Gasteiger charge is -2.45. The minimum atomic E-state index is 0.106. The summed E-state index contributed by atoms with van der Waals surface area (Å²) in [4.78, 5) is 20.7. The number of nitrogen functional groups attached to an aromatic ring is 1. The number of piperazine rings is 1. The zero-order chi connectivity index (χ0) is 28.0. The predicted molar refractivity (Wildman–Crippen MR) is 153 cm³/mol. The highest BCUT2D eigenvalue weighted by Crippen LogP contribution is 2.39. The van der Waals surface area contributed by atoms with E-state index >= 15 is 0 Å². The number of anilines is 2. The van der Waals surface area contributed by atoms with Gasteiger partial charge in [0.1, 0.15) is 17.6 Å². The summed E-state index contributed by atoms with van der Waals surface area (Å²) >= 11 is 0. The molecule has 0 unspecified atom stereocenters. The van der Waals surface area contributed by atoms with Gasteiger partial charge >= 0.3 is 0 Å². The summed E-state index contributed by atoms with van der Waals surface area (Å²) in [5.74, 6) is 1.25. The van der Waals surface area contributed by atoms with Gasteiger partial charge in [-0.1, -0.05) is 0 Å². The molecule has 210 valence electrons. The third-order valence-corrected chi connectivity index (χ3v) is 8.15. The van der Waals surface area contributed by atoms with E-state index in [1.54, 1.807) is 14.0 Å². The smallest absolute Gasteiger partial charge is 0.219 e.